The first-order valence-corrected chi connectivity index (χ1v) is 10.1. The van der Waals surface area contributed by atoms with Crippen molar-refractivity contribution in [3.05, 3.63) is 39.9 Å². The van der Waals surface area contributed by atoms with Gasteiger partial charge in [-0.05, 0) is 43.8 Å². The predicted molar refractivity (Wildman–Crippen MR) is 108 cm³/mol. The van der Waals surface area contributed by atoms with Crippen LogP contribution in [0.5, 0.6) is 0 Å². The third-order valence-electron chi connectivity index (χ3n) is 4.05. The van der Waals surface area contributed by atoms with Crippen LogP contribution in [0.2, 0.25) is 5.02 Å². The first-order valence-electron chi connectivity index (χ1n) is 8.06. The van der Waals surface area contributed by atoms with Crippen molar-refractivity contribution in [1.82, 2.24) is 4.90 Å². The lowest BCUT2D eigenvalue weighted by molar-refractivity contribution is -0.135. The Morgan fingerprint density at radius 3 is 2.67 bits per heavy atom. The van der Waals surface area contributed by atoms with E-state index in [0.717, 1.165) is 5.70 Å². The number of ether oxygens (including phenoxy) is 2. The second-order valence-electron chi connectivity index (χ2n) is 5.64. The van der Waals surface area contributed by atoms with Gasteiger partial charge in [-0.25, -0.2) is 14.6 Å². The van der Waals surface area contributed by atoms with Crippen LogP contribution in [0.1, 0.15) is 13.8 Å². The number of carbonyl (C=O) groups is 2. The zero-order chi connectivity index (χ0) is 19.8. The van der Waals surface area contributed by atoms with E-state index in [1.807, 2.05) is 24.9 Å². The lowest BCUT2D eigenvalue weighted by Gasteiger charge is -2.39. The molecule has 1 aromatic rings. The fourth-order valence-corrected chi connectivity index (χ4v) is 5.73. The number of carbonyl (C=O) groups excluding carboxylic acids is 2. The summed E-state index contributed by atoms with van der Waals surface area (Å²) in [5, 5.41) is 6.92. The van der Waals surface area contributed by atoms with Gasteiger partial charge in [0.15, 0.2) is 0 Å². The van der Waals surface area contributed by atoms with Crippen LogP contribution in [0.25, 0.3) is 0 Å². The molecular formula is C17H18ClN3O4S2. The molecule has 3 rings (SSSR count). The lowest BCUT2D eigenvalue weighted by atomic mass is 10.3. The zero-order valence-corrected chi connectivity index (χ0v) is 17.6. The van der Waals surface area contributed by atoms with Gasteiger partial charge in [0.1, 0.15) is 4.91 Å². The molecule has 0 radical (unpaired) electrons. The summed E-state index contributed by atoms with van der Waals surface area (Å²) in [7, 11) is 3.18. The van der Waals surface area contributed by atoms with Crippen molar-refractivity contribution in [2.45, 2.75) is 18.2 Å². The summed E-state index contributed by atoms with van der Waals surface area (Å²) in [5.41, 5.74) is 1.42. The van der Waals surface area contributed by atoms with E-state index in [-0.39, 0.29) is 11.7 Å². The minimum absolute atomic E-state index is 0.204. The Morgan fingerprint density at radius 1 is 1.30 bits per heavy atom. The quantitative estimate of drug-likeness (QED) is 0.676. The Bertz CT molecular complexity index is 860. The second kappa shape index (κ2) is 7.65. The molecule has 7 nitrogen and oxygen atoms in total. The van der Waals surface area contributed by atoms with Crippen molar-refractivity contribution in [2.24, 2.45) is 5.10 Å². The summed E-state index contributed by atoms with van der Waals surface area (Å²) in [6.45, 7) is 3.81. The summed E-state index contributed by atoms with van der Waals surface area (Å²) in [5.74, 6) is -0.943. The van der Waals surface area contributed by atoms with Gasteiger partial charge in [0.05, 0.1) is 19.4 Å². The summed E-state index contributed by atoms with van der Waals surface area (Å²) in [6.07, 6.45) is 0. The molecule has 0 aliphatic carbocycles. The van der Waals surface area contributed by atoms with Crippen molar-refractivity contribution in [2.75, 3.05) is 25.8 Å². The molecule has 0 amide bonds. The zero-order valence-electron chi connectivity index (χ0n) is 15.2. The molecule has 2 aliphatic heterocycles. The number of esters is 2. The molecule has 10 heteroatoms. The van der Waals surface area contributed by atoms with Crippen LogP contribution in [0.3, 0.4) is 0 Å². The van der Waals surface area contributed by atoms with Crippen molar-refractivity contribution < 1.29 is 19.1 Å². The average molecular weight is 428 g/mol. The van der Waals surface area contributed by atoms with Gasteiger partial charge in [-0.2, -0.15) is 5.10 Å². The van der Waals surface area contributed by atoms with E-state index in [4.69, 9.17) is 21.1 Å². The van der Waals surface area contributed by atoms with Gasteiger partial charge in [0.25, 0.3) is 0 Å². The van der Waals surface area contributed by atoms with Gasteiger partial charge >= 0.3 is 11.9 Å². The molecule has 2 heterocycles. The first-order chi connectivity index (χ1) is 12.8. The Labute approximate surface area is 170 Å². The molecule has 2 aliphatic rings. The summed E-state index contributed by atoms with van der Waals surface area (Å²) in [6, 6.07) is 7.15. The standard InChI is InChI=1S/C17H18ClN3O4S2/c1-5-25-16(23)14-19-21(12-8-6-7-11(18)9-12)17(27-14)20(3)10(2)13(26-17)15(22)24-4/h6-9H,5H2,1-4H3. The normalized spacial score (nSPS) is 21.7. The third kappa shape index (κ3) is 3.39. The maximum atomic E-state index is 12.3. The van der Waals surface area contributed by atoms with Crippen LogP contribution in [0, 0.1) is 0 Å². The maximum Gasteiger partial charge on any atom is 0.365 e. The van der Waals surface area contributed by atoms with Crippen LogP contribution >= 0.6 is 35.1 Å². The number of thioether (sulfide) groups is 2. The fourth-order valence-electron chi connectivity index (χ4n) is 2.64. The van der Waals surface area contributed by atoms with Crippen LogP contribution < -0.4 is 5.01 Å². The lowest BCUT2D eigenvalue weighted by Crippen LogP contribution is -2.47. The molecule has 0 aromatic heterocycles. The minimum atomic E-state index is -0.902. The highest BCUT2D eigenvalue weighted by molar-refractivity contribution is 8.28. The molecule has 1 aromatic carbocycles. The van der Waals surface area contributed by atoms with E-state index >= 15 is 0 Å². The highest BCUT2D eigenvalue weighted by Gasteiger charge is 2.56. The van der Waals surface area contributed by atoms with Gasteiger partial charge in [-0.3, -0.25) is 0 Å². The number of allylic oxidation sites excluding steroid dienone is 1. The number of rotatable bonds is 4. The number of hydrogen-bond donors (Lipinski definition) is 0. The Morgan fingerprint density at radius 2 is 2.04 bits per heavy atom. The molecule has 0 N–H and O–H groups in total. The molecule has 0 saturated carbocycles. The van der Waals surface area contributed by atoms with Gasteiger partial charge in [-0.1, -0.05) is 29.4 Å². The minimum Gasteiger partial charge on any atom is -0.465 e. The van der Waals surface area contributed by atoms with E-state index in [1.54, 1.807) is 30.1 Å². The van der Waals surface area contributed by atoms with E-state index in [1.165, 1.54) is 30.6 Å². The Kier molecular flexibility index (Phi) is 5.64. The molecule has 0 fully saturated rings. The number of anilines is 1. The highest BCUT2D eigenvalue weighted by Crippen LogP contribution is 2.58. The van der Waals surface area contributed by atoms with E-state index in [0.29, 0.717) is 15.6 Å². The molecule has 0 saturated heterocycles. The Hall–Kier alpha value is -1.84. The summed E-state index contributed by atoms with van der Waals surface area (Å²) >= 11 is 8.65. The van der Waals surface area contributed by atoms with E-state index < -0.39 is 16.3 Å². The highest BCUT2D eigenvalue weighted by atomic mass is 35.5. The SMILES string of the molecule is CCOC(=O)C1=NN(c2cccc(Cl)c2)C2(S1)SC(C(=O)OC)=C(C)N2C. The topological polar surface area (TPSA) is 71.4 Å². The first kappa shape index (κ1) is 19.9. The largest absolute Gasteiger partial charge is 0.465 e. The van der Waals surface area contributed by atoms with Gasteiger partial charge in [0.2, 0.25) is 9.37 Å². The molecule has 27 heavy (non-hydrogen) atoms. The molecule has 144 valence electrons. The van der Waals surface area contributed by atoms with Crippen molar-refractivity contribution in [1.29, 1.82) is 0 Å². The molecule has 0 bridgehead atoms. The summed E-state index contributed by atoms with van der Waals surface area (Å²) in [4.78, 5) is 26.9. The van der Waals surface area contributed by atoms with Crippen LogP contribution in [-0.2, 0) is 19.1 Å². The number of hydrazone groups is 1. The van der Waals surface area contributed by atoms with Crippen molar-refractivity contribution in [3.63, 3.8) is 0 Å². The van der Waals surface area contributed by atoms with Gasteiger partial charge < -0.3 is 14.4 Å². The number of benzene rings is 1. The fraction of sp³-hybridized carbons (Fsp3) is 0.353. The molecule has 1 unspecified atom stereocenters. The van der Waals surface area contributed by atoms with E-state index in [2.05, 4.69) is 5.10 Å². The number of nitrogens with zero attached hydrogens (tertiary/aromatic N) is 3. The molecular weight excluding hydrogens is 410 g/mol. The second-order valence-corrected chi connectivity index (χ2v) is 8.67. The van der Waals surface area contributed by atoms with Crippen molar-refractivity contribution in [3.8, 4) is 0 Å². The smallest absolute Gasteiger partial charge is 0.365 e. The number of halogens is 1. The predicted octanol–water partition coefficient (Wildman–Crippen LogP) is 3.46. The van der Waals surface area contributed by atoms with Crippen molar-refractivity contribution >= 4 is 57.8 Å². The maximum absolute atomic E-state index is 12.3. The van der Waals surface area contributed by atoms with E-state index in [9.17, 15) is 9.59 Å². The molecule has 1 spiro atoms. The monoisotopic (exact) mass is 427 g/mol. The number of hydrogen-bond acceptors (Lipinski definition) is 9. The third-order valence-corrected chi connectivity index (χ3v) is 7.32. The average Bonchev–Trinajstić information content (AvgIpc) is 3.16. The van der Waals surface area contributed by atoms with Gasteiger partial charge in [0, 0.05) is 17.8 Å². The summed E-state index contributed by atoms with van der Waals surface area (Å²) < 4.78 is 9.12. The van der Waals surface area contributed by atoms with Crippen LogP contribution in [-0.4, -0.2) is 47.0 Å². The number of methoxy groups -OCH3 is 1. The molecule has 1 atom stereocenters. The van der Waals surface area contributed by atoms with Gasteiger partial charge in [-0.15, -0.1) is 0 Å². The van der Waals surface area contributed by atoms with Crippen LogP contribution in [0.15, 0.2) is 40.0 Å². The van der Waals surface area contributed by atoms with Crippen LogP contribution in [0.4, 0.5) is 5.69 Å². The Balaban J connectivity index is 2.06.